The second-order valence-electron chi connectivity index (χ2n) is 1.57. The Morgan fingerprint density at radius 3 is 1.18 bits per heavy atom. The van der Waals surface area contributed by atoms with Crippen LogP contribution in [0.1, 0.15) is 0 Å². The van der Waals surface area contributed by atoms with Crippen LogP contribution in [0.2, 0.25) is 0 Å². The lowest BCUT2D eigenvalue weighted by molar-refractivity contribution is -0.200. The minimum atomic E-state index is -5.30. The van der Waals surface area contributed by atoms with Crippen molar-refractivity contribution in [1.82, 2.24) is 0 Å². The summed E-state index contributed by atoms with van der Waals surface area (Å²) in [5, 5.41) is 0. The molecule has 8 heteroatoms. The molecule has 2 atom stereocenters. The van der Waals surface area contributed by atoms with Crippen molar-refractivity contribution in [3.63, 3.8) is 0 Å². The minimum absolute atomic E-state index is 0.653. The summed E-state index contributed by atoms with van der Waals surface area (Å²) in [6.07, 6.45) is -5.30. The zero-order valence-electron chi connectivity index (χ0n) is 4.52. The average molecular weight is 418 g/mol. The summed E-state index contributed by atoms with van der Waals surface area (Å²) in [6, 6.07) is 0. The van der Waals surface area contributed by atoms with Gasteiger partial charge >= 0.3 is 10.8 Å². The Kier molecular flexibility index (Phi) is 3.64. The molecular formula is C3Br2F5I. The van der Waals surface area contributed by atoms with Crippen molar-refractivity contribution in [2.24, 2.45) is 0 Å². The summed E-state index contributed by atoms with van der Waals surface area (Å²) in [7, 11) is 0. The first-order valence-electron chi connectivity index (χ1n) is 2.01. The highest BCUT2D eigenvalue weighted by atomic mass is 127. The lowest BCUT2D eigenvalue weighted by Crippen LogP contribution is -2.45. The average Bonchev–Trinajstić information content (AvgIpc) is 1.58. The highest BCUT2D eigenvalue weighted by molar-refractivity contribution is 14.1. The Morgan fingerprint density at radius 2 is 1.18 bits per heavy atom. The van der Waals surface area contributed by atoms with Gasteiger partial charge in [-0.3, -0.25) is 0 Å². The lowest BCUT2D eigenvalue weighted by atomic mass is 10.4. The fourth-order valence-corrected chi connectivity index (χ4v) is 0.691. The number of halogens is 8. The van der Waals surface area contributed by atoms with Crippen molar-refractivity contribution in [3.05, 3.63) is 0 Å². The largest absolute Gasteiger partial charge is 0.437 e. The molecular weight excluding hydrogens is 418 g/mol. The highest BCUT2D eigenvalue weighted by Gasteiger charge is 2.67. The van der Waals surface area contributed by atoms with Gasteiger partial charge in [0, 0.05) is 0 Å². The molecule has 0 aliphatic carbocycles. The molecule has 0 rings (SSSR count). The fraction of sp³-hybridized carbons (Fsp3) is 1.00. The quantitative estimate of drug-likeness (QED) is 0.343. The van der Waals surface area contributed by atoms with E-state index >= 15 is 0 Å². The van der Waals surface area contributed by atoms with Gasteiger partial charge in [-0.05, 0) is 54.5 Å². The molecule has 0 fully saturated rings. The third-order valence-corrected chi connectivity index (χ3v) is 4.27. The van der Waals surface area contributed by atoms with Gasteiger partial charge < -0.3 is 0 Å². The number of alkyl halides is 8. The summed E-state index contributed by atoms with van der Waals surface area (Å²) in [4.78, 5) is 0. The van der Waals surface area contributed by atoms with Crippen molar-refractivity contribution >= 4 is 54.5 Å². The highest BCUT2D eigenvalue weighted by Crippen LogP contribution is 2.55. The molecule has 0 aromatic heterocycles. The van der Waals surface area contributed by atoms with Gasteiger partial charge in [0.15, 0.2) is 0 Å². The fourth-order valence-electron chi connectivity index (χ4n) is 0.161. The monoisotopic (exact) mass is 416 g/mol. The molecule has 0 heterocycles. The van der Waals surface area contributed by atoms with Crippen LogP contribution in [-0.4, -0.2) is 13.3 Å². The Hall–Kier alpha value is 1.34. The van der Waals surface area contributed by atoms with E-state index in [9.17, 15) is 22.0 Å². The van der Waals surface area contributed by atoms with Crippen molar-refractivity contribution in [2.45, 2.75) is 13.3 Å². The van der Waals surface area contributed by atoms with Gasteiger partial charge in [0.05, 0.1) is 0 Å². The van der Waals surface area contributed by atoms with Gasteiger partial charge in [-0.2, -0.15) is 13.2 Å². The van der Waals surface area contributed by atoms with Gasteiger partial charge in [-0.1, -0.05) is 0 Å². The van der Waals surface area contributed by atoms with Crippen LogP contribution in [0.4, 0.5) is 22.0 Å². The molecule has 0 aromatic rings. The van der Waals surface area contributed by atoms with E-state index in [1.165, 1.54) is 0 Å². The zero-order valence-corrected chi connectivity index (χ0v) is 9.85. The number of rotatable bonds is 1. The van der Waals surface area contributed by atoms with Crippen LogP contribution in [-0.2, 0) is 0 Å². The van der Waals surface area contributed by atoms with Crippen molar-refractivity contribution < 1.29 is 22.0 Å². The third-order valence-electron chi connectivity index (χ3n) is 0.712. The standard InChI is InChI=1S/C3Br2F5I/c4-1(6,2(5,7)11)3(8,9)10. The predicted molar refractivity (Wildman–Crippen MR) is 45.6 cm³/mol. The van der Waals surface area contributed by atoms with Crippen LogP contribution < -0.4 is 0 Å². The van der Waals surface area contributed by atoms with Crippen LogP contribution in [0.15, 0.2) is 0 Å². The van der Waals surface area contributed by atoms with Crippen molar-refractivity contribution in [2.75, 3.05) is 0 Å². The van der Waals surface area contributed by atoms with E-state index < -0.39 is 13.3 Å². The van der Waals surface area contributed by atoms with Crippen molar-refractivity contribution in [1.29, 1.82) is 0 Å². The summed E-state index contributed by atoms with van der Waals surface area (Å²) < 4.78 is 52.5. The van der Waals surface area contributed by atoms with E-state index in [0.717, 1.165) is 0 Å². The summed E-state index contributed by atoms with van der Waals surface area (Å²) in [5.41, 5.74) is 0. The second-order valence-corrected chi connectivity index (χ2v) is 6.72. The molecule has 0 saturated heterocycles. The molecule has 0 nitrogen and oxygen atoms in total. The van der Waals surface area contributed by atoms with E-state index in [4.69, 9.17) is 0 Å². The SMILES string of the molecule is FC(F)(F)C(F)(Br)C(F)(Br)I. The Morgan fingerprint density at radius 1 is 0.909 bits per heavy atom. The van der Waals surface area contributed by atoms with Crippen LogP contribution in [0.25, 0.3) is 0 Å². The molecule has 11 heavy (non-hydrogen) atoms. The Balaban J connectivity index is 4.75. The first kappa shape index (κ1) is 12.3. The first-order chi connectivity index (χ1) is 4.50. The minimum Gasteiger partial charge on any atom is -0.215 e. The smallest absolute Gasteiger partial charge is 0.215 e. The normalized spacial score (nSPS) is 24.0. The molecule has 0 spiro atoms. The molecule has 0 aliphatic rings. The van der Waals surface area contributed by atoms with Crippen LogP contribution >= 0.6 is 54.5 Å². The molecule has 0 saturated carbocycles. The summed E-state index contributed by atoms with van der Waals surface area (Å²) >= 11 is 4.17. The zero-order chi connectivity index (χ0) is 9.50. The molecule has 0 aromatic carbocycles. The van der Waals surface area contributed by atoms with Crippen LogP contribution in [0.5, 0.6) is 0 Å². The molecule has 0 aliphatic heterocycles. The van der Waals surface area contributed by atoms with Crippen LogP contribution in [0.3, 0.4) is 0 Å². The second kappa shape index (κ2) is 3.24. The van der Waals surface area contributed by atoms with Gasteiger partial charge in [0.25, 0.3) is 2.58 Å². The summed E-state index contributed by atoms with van der Waals surface area (Å²) in [5.74, 6) is 0. The maximum Gasteiger partial charge on any atom is 0.437 e. The van der Waals surface area contributed by atoms with E-state index in [0.29, 0.717) is 22.6 Å². The third kappa shape index (κ3) is 2.64. The van der Waals surface area contributed by atoms with Gasteiger partial charge in [-0.25, -0.2) is 8.78 Å². The molecule has 0 amide bonds. The number of hydrogen-bond acceptors (Lipinski definition) is 0. The molecule has 68 valence electrons. The topological polar surface area (TPSA) is 0 Å². The van der Waals surface area contributed by atoms with E-state index in [1.807, 2.05) is 15.9 Å². The van der Waals surface area contributed by atoms with Gasteiger partial charge in [0.1, 0.15) is 0 Å². The molecule has 0 N–H and O–H groups in total. The maximum atomic E-state index is 12.5. The summed E-state index contributed by atoms with van der Waals surface area (Å²) in [6.45, 7) is 0. The van der Waals surface area contributed by atoms with E-state index in [1.54, 1.807) is 15.9 Å². The first-order valence-corrected chi connectivity index (χ1v) is 4.68. The van der Waals surface area contributed by atoms with Crippen molar-refractivity contribution in [3.8, 4) is 0 Å². The Bertz CT molecular complexity index is 131. The molecule has 0 radical (unpaired) electrons. The lowest BCUT2D eigenvalue weighted by Gasteiger charge is -2.27. The van der Waals surface area contributed by atoms with E-state index in [2.05, 4.69) is 0 Å². The Labute approximate surface area is 89.3 Å². The maximum absolute atomic E-state index is 12.5. The van der Waals surface area contributed by atoms with Crippen LogP contribution in [0, 0.1) is 0 Å². The number of hydrogen-bond donors (Lipinski definition) is 0. The van der Waals surface area contributed by atoms with Gasteiger partial charge in [-0.15, -0.1) is 0 Å². The van der Waals surface area contributed by atoms with Gasteiger partial charge in [0.2, 0.25) is 0 Å². The molecule has 2 unspecified atom stereocenters. The predicted octanol–water partition coefficient (Wildman–Crippen LogP) is 4.06. The molecule has 0 bridgehead atoms. The van der Waals surface area contributed by atoms with E-state index in [-0.39, 0.29) is 0 Å².